The average Bonchev–Trinajstić information content (AvgIpc) is 3.73. The molecule has 2 aromatic carbocycles. The number of carbonyl (C=O) groups excluding carboxylic acids is 3. The Hall–Kier alpha value is -5.14. The summed E-state index contributed by atoms with van der Waals surface area (Å²) in [6.45, 7) is 7.06. The molecule has 2 heterocycles. The van der Waals surface area contributed by atoms with E-state index in [1.807, 2.05) is 55.5 Å². The van der Waals surface area contributed by atoms with Gasteiger partial charge in [0, 0.05) is 25.5 Å². The third-order valence-corrected chi connectivity index (χ3v) is 7.77. The summed E-state index contributed by atoms with van der Waals surface area (Å²) >= 11 is 6.47. The van der Waals surface area contributed by atoms with Crippen LogP contribution in [0.3, 0.4) is 0 Å². The predicted molar refractivity (Wildman–Crippen MR) is 184 cm³/mol. The molecule has 0 saturated heterocycles. The van der Waals surface area contributed by atoms with Crippen LogP contribution in [0.5, 0.6) is 0 Å². The minimum atomic E-state index is -1.22. The molecule has 0 fully saturated rings. The summed E-state index contributed by atoms with van der Waals surface area (Å²) in [5.41, 5.74) is 3.23. The maximum atomic E-state index is 13.2. The maximum absolute atomic E-state index is 13.2. The first-order chi connectivity index (χ1) is 25.5. The van der Waals surface area contributed by atoms with Crippen LogP contribution in [-0.2, 0) is 41.5 Å². The van der Waals surface area contributed by atoms with Crippen molar-refractivity contribution in [1.29, 1.82) is 0 Å². The van der Waals surface area contributed by atoms with Crippen LogP contribution in [0.15, 0.2) is 48.5 Å². The zero-order valence-electron chi connectivity index (χ0n) is 29.7. The smallest absolute Gasteiger partial charge is 0.435 e. The van der Waals surface area contributed by atoms with Gasteiger partial charge in [-0.15, -0.1) is 15.0 Å². The third-order valence-electron chi connectivity index (χ3n) is 7.51. The second-order valence-corrected chi connectivity index (χ2v) is 11.8. The van der Waals surface area contributed by atoms with Crippen molar-refractivity contribution in [1.82, 2.24) is 35.1 Å². The summed E-state index contributed by atoms with van der Waals surface area (Å²) in [5.74, 6) is 0.113. The molecule has 18 nitrogen and oxygen atoms in total. The lowest BCUT2D eigenvalue weighted by Gasteiger charge is -2.16. The number of carbonyl (C=O) groups is 3. The summed E-state index contributed by atoms with van der Waals surface area (Å²) in [6, 6.07) is 15.2. The van der Waals surface area contributed by atoms with Crippen LogP contribution in [0.25, 0.3) is 22.5 Å². The van der Waals surface area contributed by atoms with Crippen molar-refractivity contribution in [2.75, 3.05) is 19.8 Å². The van der Waals surface area contributed by atoms with Crippen molar-refractivity contribution in [3.05, 3.63) is 70.8 Å². The highest BCUT2D eigenvalue weighted by molar-refractivity contribution is 6.32. The van der Waals surface area contributed by atoms with Crippen molar-refractivity contribution < 1.29 is 53.3 Å². The van der Waals surface area contributed by atoms with Crippen LogP contribution in [0, 0.1) is 0 Å². The van der Waals surface area contributed by atoms with Gasteiger partial charge in [-0.2, -0.15) is 0 Å². The number of hydrogen-bond donors (Lipinski definition) is 2. The minimum Gasteiger partial charge on any atom is -0.435 e. The lowest BCUT2D eigenvalue weighted by molar-refractivity contribution is -0.492. The van der Waals surface area contributed by atoms with Crippen LogP contribution in [0.4, 0.5) is 9.59 Å². The van der Waals surface area contributed by atoms with Crippen LogP contribution < -0.4 is 0 Å². The van der Waals surface area contributed by atoms with E-state index in [4.69, 9.17) is 45.7 Å². The average molecular weight is 760 g/mol. The normalized spacial score (nSPS) is 12.3. The van der Waals surface area contributed by atoms with Crippen LogP contribution >= 0.6 is 11.6 Å². The zero-order valence-corrected chi connectivity index (χ0v) is 30.5. The number of esters is 1. The predicted octanol–water partition coefficient (Wildman–Crippen LogP) is 6.39. The molecule has 4 rings (SSSR count). The summed E-state index contributed by atoms with van der Waals surface area (Å²) in [6.07, 6.45) is -0.923. The first kappa shape index (κ1) is 40.6. The molecule has 4 aromatic rings. The van der Waals surface area contributed by atoms with Crippen molar-refractivity contribution >= 4 is 29.9 Å². The standard InChI is InChI=1S/C34H42ClN7O11/c1-5-7-14-28-36-30(35)29(32(43)52-23(4)53-33(44)48-6-2)40(28)21-24-15-17-25(18-16-24)26-12-8-9-13-27(26)31-37-39-41(38-31)22(3)51-34(45)49-19-10-11-20-50-42(46)47/h8-9,12-13,15-18,22-23,46-47H,5-7,10-11,14,19-21H2,1-4H3. The number of aryl methyl sites for hydroxylation is 1. The van der Waals surface area contributed by atoms with E-state index in [1.54, 1.807) is 18.4 Å². The molecule has 0 spiro atoms. The first-order valence-corrected chi connectivity index (χ1v) is 17.3. The molecule has 2 unspecified atom stereocenters. The number of unbranched alkanes of at least 4 members (excludes halogenated alkanes) is 2. The fourth-order valence-electron chi connectivity index (χ4n) is 4.99. The molecule has 0 aliphatic carbocycles. The lowest BCUT2D eigenvalue weighted by atomic mass is 9.98. The summed E-state index contributed by atoms with van der Waals surface area (Å²) in [7, 11) is 0. The molecule has 2 aromatic heterocycles. The minimum absolute atomic E-state index is 0.0196. The van der Waals surface area contributed by atoms with Gasteiger partial charge >= 0.3 is 18.3 Å². The Morgan fingerprint density at radius 3 is 2.28 bits per heavy atom. The van der Waals surface area contributed by atoms with Gasteiger partial charge in [0.05, 0.1) is 25.2 Å². The molecule has 0 bridgehead atoms. The van der Waals surface area contributed by atoms with Crippen molar-refractivity contribution in [2.24, 2.45) is 0 Å². The Morgan fingerprint density at radius 2 is 1.58 bits per heavy atom. The second-order valence-electron chi connectivity index (χ2n) is 11.4. The Kier molecular flexibility index (Phi) is 15.5. The van der Waals surface area contributed by atoms with Gasteiger partial charge < -0.3 is 28.3 Å². The number of tetrazole rings is 1. The molecule has 0 aliphatic heterocycles. The van der Waals surface area contributed by atoms with Crippen LogP contribution in [0.2, 0.25) is 5.15 Å². The summed E-state index contributed by atoms with van der Waals surface area (Å²) < 4.78 is 27.1. The number of hydrogen-bond acceptors (Lipinski definition) is 16. The number of nitrogens with zero attached hydrogens (tertiary/aromatic N) is 7. The molecule has 2 atom stereocenters. The van der Waals surface area contributed by atoms with Crippen LogP contribution in [-0.4, -0.2) is 90.0 Å². The van der Waals surface area contributed by atoms with Crippen molar-refractivity contribution in [3.63, 3.8) is 0 Å². The Bertz CT molecular complexity index is 1800. The van der Waals surface area contributed by atoms with E-state index in [-0.39, 0.29) is 42.6 Å². The number of aromatic nitrogens is 6. The summed E-state index contributed by atoms with van der Waals surface area (Å²) in [5, 5.41) is 29.3. The van der Waals surface area contributed by atoms with E-state index < -0.39 is 30.8 Å². The number of imidazole rings is 1. The molecule has 0 amide bonds. The molecule has 0 aliphatic rings. The quantitative estimate of drug-likeness (QED) is 0.0349. The van der Waals surface area contributed by atoms with E-state index >= 15 is 0 Å². The molecule has 0 radical (unpaired) electrons. The van der Waals surface area contributed by atoms with Gasteiger partial charge in [-0.05, 0) is 55.0 Å². The fourth-order valence-corrected chi connectivity index (χ4v) is 5.27. The van der Waals surface area contributed by atoms with Gasteiger partial charge in [-0.3, -0.25) is 15.3 Å². The SMILES string of the molecule is CCCCc1nc(Cl)c(C(=O)OC(C)OC(=O)OCC)n1Cc1ccc(-c2ccccc2-c2nnn(C(C)OC(=O)OCCCCON(O)O)n2)cc1. The molecule has 19 heteroatoms. The largest absolute Gasteiger partial charge is 0.511 e. The molecule has 53 heavy (non-hydrogen) atoms. The molecule has 0 saturated carbocycles. The first-order valence-electron chi connectivity index (χ1n) is 16.9. The van der Waals surface area contributed by atoms with E-state index in [9.17, 15) is 14.4 Å². The zero-order chi connectivity index (χ0) is 38.3. The van der Waals surface area contributed by atoms with Gasteiger partial charge in [-0.1, -0.05) is 73.5 Å². The van der Waals surface area contributed by atoms with Gasteiger partial charge in [0.15, 0.2) is 10.8 Å². The number of ether oxygens (including phenoxy) is 5. The molecule has 286 valence electrons. The van der Waals surface area contributed by atoms with Crippen molar-refractivity contribution in [3.8, 4) is 22.5 Å². The van der Waals surface area contributed by atoms with E-state index in [1.165, 1.54) is 6.92 Å². The van der Waals surface area contributed by atoms with E-state index in [2.05, 4.69) is 25.2 Å². The van der Waals surface area contributed by atoms with Crippen molar-refractivity contribution in [2.45, 2.75) is 78.9 Å². The fraction of sp³-hybridized carbons (Fsp3) is 0.441. The highest BCUT2D eigenvalue weighted by Gasteiger charge is 2.26. The third kappa shape index (κ3) is 11.9. The molecular formula is C34H42ClN7O11. The van der Waals surface area contributed by atoms with Gasteiger partial charge in [0.2, 0.25) is 18.3 Å². The lowest BCUT2D eigenvalue weighted by Crippen LogP contribution is -2.24. The number of halogens is 1. The topological polar surface area (TPSA) is 212 Å². The van der Waals surface area contributed by atoms with E-state index in [0.717, 1.165) is 34.3 Å². The van der Waals surface area contributed by atoms with Gasteiger partial charge in [0.1, 0.15) is 5.82 Å². The number of rotatable bonds is 19. The highest BCUT2D eigenvalue weighted by Crippen LogP contribution is 2.31. The molecular weight excluding hydrogens is 718 g/mol. The van der Waals surface area contributed by atoms with Gasteiger partial charge in [-0.25, -0.2) is 19.4 Å². The Labute approximate surface area is 309 Å². The maximum Gasteiger partial charge on any atom is 0.511 e. The monoisotopic (exact) mass is 759 g/mol. The number of benzene rings is 2. The molecule has 2 N–H and O–H groups in total. The highest BCUT2D eigenvalue weighted by atomic mass is 35.5. The Morgan fingerprint density at radius 1 is 0.887 bits per heavy atom. The second kappa shape index (κ2) is 20.2. The summed E-state index contributed by atoms with van der Waals surface area (Å²) in [4.78, 5) is 47.1. The van der Waals surface area contributed by atoms with E-state index in [0.29, 0.717) is 36.5 Å². The van der Waals surface area contributed by atoms with Gasteiger partial charge in [0.25, 0.3) is 0 Å². The Balaban J connectivity index is 1.46. The van der Waals surface area contributed by atoms with Crippen LogP contribution in [0.1, 0.15) is 81.5 Å².